The Labute approximate surface area is 170 Å². The molecule has 146 valence electrons. The Kier molecular flexibility index (Phi) is 4.79. The van der Waals surface area contributed by atoms with Gasteiger partial charge in [0.15, 0.2) is 5.82 Å². The third-order valence-corrected chi connectivity index (χ3v) is 4.97. The van der Waals surface area contributed by atoms with E-state index in [1.54, 1.807) is 12.1 Å². The van der Waals surface area contributed by atoms with Gasteiger partial charge in [0.2, 0.25) is 0 Å². The Balaban J connectivity index is 1.84. The molecular formula is C25H24FN3. The molecule has 0 N–H and O–H groups in total. The molecule has 0 aliphatic rings. The van der Waals surface area contributed by atoms with Gasteiger partial charge < -0.3 is 0 Å². The van der Waals surface area contributed by atoms with Crippen molar-refractivity contribution in [2.75, 3.05) is 0 Å². The van der Waals surface area contributed by atoms with E-state index in [2.05, 4.69) is 50.0 Å². The van der Waals surface area contributed by atoms with E-state index < -0.39 is 0 Å². The molecule has 4 rings (SSSR count). The highest BCUT2D eigenvalue weighted by molar-refractivity contribution is 5.66. The van der Waals surface area contributed by atoms with Crippen molar-refractivity contribution in [1.82, 2.24) is 14.5 Å². The zero-order valence-electron chi connectivity index (χ0n) is 17.1. The first-order chi connectivity index (χ1) is 13.8. The third kappa shape index (κ3) is 3.97. The molecule has 2 heterocycles. The van der Waals surface area contributed by atoms with E-state index in [0.717, 1.165) is 34.2 Å². The number of hydrogen-bond acceptors (Lipinski definition) is 2. The predicted octanol–water partition coefficient (Wildman–Crippen LogP) is 6.35. The molecule has 0 saturated heterocycles. The lowest BCUT2D eigenvalue weighted by Gasteiger charge is -2.18. The van der Waals surface area contributed by atoms with Gasteiger partial charge in [-0.1, -0.05) is 51.1 Å². The zero-order chi connectivity index (χ0) is 20.6. The van der Waals surface area contributed by atoms with Crippen LogP contribution in [0.25, 0.3) is 28.5 Å². The fourth-order valence-corrected chi connectivity index (χ4v) is 3.31. The number of imidazole rings is 1. The van der Waals surface area contributed by atoms with Crippen LogP contribution in [0.3, 0.4) is 0 Å². The Bertz CT molecular complexity index is 1130. The van der Waals surface area contributed by atoms with E-state index in [4.69, 9.17) is 4.98 Å². The number of benzene rings is 2. The Morgan fingerprint density at radius 2 is 1.48 bits per heavy atom. The first kappa shape index (κ1) is 19.1. The van der Waals surface area contributed by atoms with Crippen LogP contribution in [0.2, 0.25) is 0 Å². The molecule has 4 heteroatoms. The van der Waals surface area contributed by atoms with Crippen LogP contribution in [-0.4, -0.2) is 14.5 Å². The van der Waals surface area contributed by atoms with Gasteiger partial charge in [0.25, 0.3) is 0 Å². The second-order valence-electron chi connectivity index (χ2n) is 8.29. The van der Waals surface area contributed by atoms with Gasteiger partial charge in [0.1, 0.15) is 11.5 Å². The van der Waals surface area contributed by atoms with Crippen LogP contribution in [-0.2, 0) is 5.41 Å². The molecule has 0 atom stereocenters. The Morgan fingerprint density at radius 1 is 0.793 bits per heavy atom. The van der Waals surface area contributed by atoms with E-state index in [0.29, 0.717) is 0 Å². The zero-order valence-corrected chi connectivity index (χ0v) is 17.1. The van der Waals surface area contributed by atoms with E-state index in [1.807, 2.05) is 35.9 Å². The summed E-state index contributed by atoms with van der Waals surface area (Å²) in [6.07, 6.45) is 1.98. The second-order valence-corrected chi connectivity index (χ2v) is 8.29. The van der Waals surface area contributed by atoms with Gasteiger partial charge in [-0.05, 0) is 54.3 Å². The van der Waals surface area contributed by atoms with E-state index in [9.17, 15) is 4.39 Å². The number of aromatic nitrogens is 3. The van der Waals surface area contributed by atoms with Crippen LogP contribution in [0, 0.1) is 12.7 Å². The lowest BCUT2D eigenvalue weighted by molar-refractivity contribution is 0.590. The van der Waals surface area contributed by atoms with Crippen molar-refractivity contribution in [2.24, 2.45) is 0 Å². The van der Waals surface area contributed by atoms with Gasteiger partial charge in [0, 0.05) is 23.1 Å². The standard InChI is InChI=1S/C25H24FN3/c1-17-6-5-7-22(27-17)24-28-23(16-29(24)21-14-12-20(26)13-15-21)18-8-10-19(11-9-18)25(2,3)4/h5-16H,1-4H3. The summed E-state index contributed by atoms with van der Waals surface area (Å²) < 4.78 is 15.4. The van der Waals surface area contributed by atoms with Crippen molar-refractivity contribution in [3.63, 3.8) is 0 Å². The van der Waals surface area contributed by atoms with Gasteiger partial charge in [0.05, 0.1) is 5.69 Å². The van der Waals surface area contributed by atoms with Crippen molar-refractivity contribution in [3.8, 4) is 28.5 Å². The summed E-state index contributed by atoms with van der Waals surface area (Å²) in [5, 5.41) is 0. The number of aryl methyl sites for hydroxylation is 1. The van der Waals surface area contributed by atoms with Crippen LogP contribution in [0.1, 0.15) is 32.0 Å². The molecule has 0 unspecified atom stereocenters. The van der Waals surface area contributed by atoms with Crippen LogP contribution in [0.5, 0.6) is 0 Å². The minimum atomic E-state index is -0.262. The summed E-state index contributed by atoms with van der Waals surface area (Å²) in [7, 11) is 0. The summed E-state index contributed by atoms with van der Waals surface area (Å²) in [6.45, 7) is 8.56. The van der Waals surface area contributed by atoms with Crippen molar-refractivity contribution < 1.29 is 4.39 Å². The van der Waals surface area contributed by atoms with E-state index >= 15 is 0 Å². The SMILES string of the molecule is Cc1cccc(-c2nc(-c3ccc(C(C)(C)C)cc3)cn2-c2ccc(F)cc2)n1. The summed E-state index contributed by atoms with van der Waals surface area (Å²) in [5.74, 6) is 0.470. The topological polar surface area (TPSA) is 30.7 Å². The fraction of sp³-hybridized carbons (Fsp3) is 0.200. The van der Waals surface area contributed by atoms with Crippen molar-refractivity contribution in [3.05, 3.63) is 90.0 Å². The van der Waals surface area contributed by atoms with Crippen LogP contribution < -0.4 is 0 Å². The van der Waals surface area contributed by atoms with E-state index in [-0.39, 0.29) is 11.2 Å². The fourth-order valence-electron chi connectivity index (χ4n) is 3.31. The molecular weight excluding hydrogens is 361 g/mol. The number of halogens is 1. The molecule has 0 saturated carbocycles. The molecule has 29 heavy (non-hydrogen) atoms. The van der Waals surface area contributed by atoms with Gasteiger partial charge >= 0.3 is 0 Å². The van der Waals surface area contributed by atoms with Gasteiger partial charge in [-0.3, -0.25) is 4.57 Å². The molecule has 0 fully saturated rings. The summed E-state index contributed by atoms with van der Waals surface area (Å²) >= 11 is 0. The molecule has 2 aromatic carbocycles. The maximum atomic E-state index is 13.4. The summed E-state index contributed by atoms with van der Waals surface area (Å²) in [4.78, 5) is 9.53. The molecule has 0 radical (unpaired) electrons. The predicted molar refractivity (Wildman–Crippen MR) is 116 cm³/mol. The lowest BCUT2D eigenvalue weighted by Crippen LogP contribution is -2.10. The smallest absolute Gasteiger partial charge is 0.163 e. The second kappa shape index (κ2) is 7.28. The van der Waals surface area contributed by atoms with Crippen LogP contribution in [0.15, 0.2) is 72.9 Å². The van der Waals surface area contributed by atoms with E-state index in [1.165, 1.54) is 17.7 Å². The Morgan fingerprint density at radius 3 is 2.10 bits per heavy atom. The minimum Gasteiger partial charge on any atom is -0.298 e. The molecule has 3 nitrogen and oxygen atoms in total. The largest absolute Gasteiger partial charge is 0.298 e. The summed E-state index contributed by atoms with van der Waals surface area (Å²) in [5.41, 5.74) is 5.82. The molecule has 0 bridgehead atoms. The highest BCUT2D eigenvalue weighted by Gasteiger charge is 2.16. The number of nitrogens with zero attached hydrogens (tertiary/aromatic N) is 3. The van der Waals surface area contributed by atoms with Gasteiger partial charge in [-0.2, -0.15) is 0 Å². The number of rotatable bonds is 3. The highest BCUT2D eigenvalue weighted by Crippen LogP contribution is 2.29. The Hall–Kier alpha value is -3.27. The number of hydrogen-bond donors (Lipinski definition) is 0. The quantitative estimate of drug-likeness (QED) is 0.412. The third-order valence-electron chi connectivity index (χ3n) is 4.97. The lowest BCUT2D eigenvalue weighted by atomic mass is 9.86. The first-order valence-corrected chi connectivity index (χ1v) is 9.71. The maximum absolute atomic E-state index is 13.4. The van der Waals surface area contributed by atoms with Crippen LogP contribution in [0.4, 0.5) is 4.39 Å². The van der Waals surface area contributed by atoms with Crippen molar-refractivity contribution in [2.45, 2.75) is 33.1 Å². The monoisotopic (exact) mass is 385 g/mol. The first-order valence-electron chi connectivity index (χ1n) is 9.71. The maximum Gasteiger partial charge on any atom is 0.163 e. The van der Waals surface area contributed by atoms with Crippen molar-refractivity contribution in [1.29, 1.82) is 0 Å². The van der Waals surface area contributed by atoms with Crippen LogP contribution >= 0.6 is 0 Å². The molecule has 0 aliphatic heterocycles. The van der Waals surface area contributed by atoms with Gasteiger partial charge in [-0.15, -0.1) is 0 Å². The number of pyridine rings is 1. The molecule has 0 aliphatic carbocycles. The van der Waals surface area contributed by atoms with Crippen molar-refractivity contribution >= 4 is 0 Å². The molecule has 4 aromatic rings. The highest BCUT2D eigenvalue weighted by atomic mass is 19.1. The summed E-state index contributed by atoms with van der Waals surface area (Å²) in [6, 6.07) is 20.8. The normalized spacial score (nSPS) is 11.6. The average Bonchev–Trinajstić information content (AvgIpc) is 3.13. The van der Waals surface area contributed by atoms with Gasteiger partial charge in [-0.25, -0.2) is 14.4 Å². The minimum absolute atomic E-state index is 0.0998. The molecule has 0 amide bonds. The molecule has 2 aromatic heterocycles. The molecule has 0 spiro atoms. The average molecular weight is 385 g/mol.